The summed E-state index contributed by atoms with van der Waals surface area (Å²) in [6, 6.07) is 0.332. The van der Waals surface area contributed by atoms with Crippen molar-refractivity contribution in [1.82, 2.24) is 14.9 Å². The summed E-state index contributed by atoms with van der Waals surface area (Å²) in [4.78, 5) is 4.22. The number of aliphatic hydroxyl groups is 1. The molecule has 16 heavy (non-hydrogen) atoms. The van der Waals surface area contributed by atoms with Crippen LogP contribution in [-0.2, 0) is 0 Å². The van der Waals surface area contributed by atoms with Gasteiger partial charge in [0.05, 0.1) is 6.61 Å². The molecule has 0 radical (unpaired) electrons. The molecule has 2 N–H and O–H groups in total. The van der Waals surface area contributed by atoms with Gasteiger partial charge >= 0.3 is 0 Å². The van der Waals surface area contributed by atoms with E-state index in [0.717, 1.165) is 18.8 Å². The topological polar surface area (TPSA) is 50.1 Å². The highest BCUT2D eigenvalue weighted by atomic mass is 16.3. The molecule has 4 nitrogen and oxygen atoms in total. The molecular weight excluding hydrogens is 202 g/mol. The molecule has 0 aliphatic carbocycles. The SMILES string of the molecule is CCNC(C)(CO)CC(C)n1ccnc1C. The zero-order valence-corrected chi connectivity index (χ0v) is 10.7. The van der Waals surface area contributed by atoms with E-state index in [1.807, 2.05) is 19.3 Å². The van der Waals surface area contributed by atoms with Crippen LogP contribution in [0.2, 0.25) is 0 Å². The minimum absolute atomic E-state index is 0.152. The Morgan fingerprint density at radius 3 is 2.75 bits per heavy atom. The summed E-state index contributed by atoms with van der Waals surface area (Å²) < 4.78 is 2.14. The van der Waals surface area contributed by atoms with E-state index in [1.54, 1.807) is 0 Å². The number of hydrogen-bond donors (Lipinski definition) is 2. The van der Waals surface area contributed by atoms with Gasteiger partial charge in [0.2, 0.25) is 0 Å². The quantitative estimate of drug-likeness (QED) is 0.771. The molecule has 2 atom stereocenters. The smallest absolute Gasteiger partial charge is 0.105 e. The van der Waals surface area contributed by atoms with E-state index in [-0.39, 0.29) is 12.1 Å². The number of aliphatic hydroxyl groups excluding tert-OH is 1. The number of aromatic nitrogens is 2. The highest BCUT2D eigenvalue weighted by Gasteiger charge is 2.25. The fourth-order valence-corrected chi connectivity index (χ4v) is 2.22. The van der Waals surface area contributed by atoms with Crippen LogP contribution in [0.5, 0.6) is 0 Å². The summed E-state index contributed by atoms with van der Waals surface area (Å²) in [6.07, 6.45) is 4.69. The van der Waals surface area contributed by atoms with Crippen molar-refractivity contribution in [3.63, 3.8) is 0 Å². The maximum absolute atomic E-state index is 9.44. The first-order chi connectivity index (χ1) is 7.52. The third-order valence-corrected chi connectivity index (χ3v) is 3.04. The van der Waals surface area contributed by atoms with Crippen LogP contribution < -0.4 is 5.32 Å². The number of nitrogens with zero attached hydrogens (tertiary/aromatic N) is 2. The van der Waals surface area contributed by atoms with Crippen LogP contribution in [0.25, 0.3) is 0 Å². The van der Waals surface area contributed by atoms with Crippen LogP contribution in [0, 0.1) is 6.92 Å². The normalized spacial score (nSPS) is 17.1. The Balaban J connectivity index is 2.69. The summed E-state index contributed by atoms with van der Waals surface area (Å²) in [5, 5.41) is 12.8. The van der Waals surface area contributed by atoms with E-state index in [1.165, 1.54) is 0 Å². The minimum atomic E-state index is -0.217. The van der Waals surface area contributed by atoms with E-state index < -0.39 is 0 Å². The van der Waals surface area contributed by atoms with Crippen molar-refractivity contribution < 1.29 is 5.11 Å². The van der Waals surface area contributed by atoms with Gasteiger partial charge < -0.3 is 15.0 Å². The van der Waals surface area contributed by atoms with Crippen molar-refractivity contribution in [1.29, 1.82) is 0 Å². The molecule has 0 saturated heterocycles. The fraction of sp³-hybridized carbons (Fsp3) is 0.750. The third-order valence-electron chi connectivity index (χ3n) is 3.04. The Kier molecular flexibility index (Phi) is 4.50. The zero-order chi connectivity index (χ0) is 12.2. The van der Waals surface area contributed by atoms with Crippen LogP contribution in [0.3, 0.4) is 0 Å². The molecule has 0 fully saturated rings. The molecule has 0 saturated carbocycles. The fourth-order valence-electron chi connectivity index (χ4n) is 2.22. The second-order valence-corrected chi connectivity index (χ2v) is 4.68. The number of likely N-dealkylation sites (N-methyl/N-ethyl adjacent to an activating group) is 1. The van der Waals surface area contributed by atoms with E-state index in [0.29, 0.717) is 6.04 Å². The van der Waals surface area contributed by atoms with Gasteiger partial charge in [0, 0.05) is 24.0 Å². The summed E-state index contributed by atoms with van der Waals surface area (Å²) >= 11 is 0. The van der Waals surface area contributed by atoms with Gasteiger partial charge in [-0.3, -0.25) is 0 Å². The molecule has 0 aliphatic heterocycles. The Bertz CT molecular complexity index is 324. The monoisotopic (exact) mass is 225 g/mol. The van der Waals surface area contributed by atoms with Crippen LogP contribution in [-0.4, -0.2) is 33.3 Å². The van der Waals surface area contributed by atoms with Crippen molar-refractivity contribution in [2.24, 2.45) is 0 Å². The number of rotatable bonds is 6. The summed E-state index contributed by atoms with van der Waals surface area (Å²) in [5.74, 6) is 1.02. The van der Waals surface area contributed by atoms with Gasteiger partial charge in [-0.15, -0.1) is 0 Å². The van der Waals surface area contributed by atoms with Crippen molar-refractivity contribution in [2.45, 2.75) is 45.7 Å². The summed E-state index contributed by atoms with van der Waals surface area (Å²) in [7, 11) is 0. The summed E-state index contributed by atoms with van der Waals surface area (Å²) in [5.41, 5.74) is -0.217. The molecule has 0 amide bonds. The van der Waals surface area contributed by atoms with E-state index in [2.05, 4.69) is 35.6 Å². The number of nitrogens with one attached hydrogen (secondary N) is 1. The predicted molar refractivity (Wildman–Crippen MR) is 65.5 cm³/mol. The molecule has 0 bridgehead atoms. The average molecular weight is 225 g/mol. The van der Waals surface area contributed by atoms with Crippen molar-refractivity contribution in [3.05, 3.63) is 18.2 Å². The number of hydrogen-bond acceptors (Lipinski definition) is 3. The summed E-state index contributed by atoms with van der Waals surface area (Å²) in [6.45, 7) is 9.28. The van der Waals surface area contributed by atoms with Crippen LogP contribution >= 0.6 is 0 Å². The highest BCUT2D eigenvalue weighted by Crippen LogP contribution is 2.21. The molecule has 92 valence electrons. The number of aryl methyl sites for hydroxylation is 1. The predicted octanol–water partition coefficient (Wildman–Crippen LogP) is 1.50. The Labute approximate surface area is 97.7 Å². The lowest BCUT2D eigenvalue weighted by atomic mass is 9.94. The lowest BCUT2D eigenvalue weighted by molar-refractivity contribution is 0.152. The first-order valence-corrected chi connectivity index (χ1v) is 5.87. The van der Waals surface area contributed by atoms with Crippen LogP contribution in [0.4, 0.5) is 0 Å². The molecule has 1 aromatic heterocycles. The van der Waals surface area contributed by atoms with Crippen molar-refractivity contribution >= 4 is 0 Å². The molecule has 0 spiro atoms. The first kappa shape index (κ1) is 13.2. The third kappa shape index (κ3) is 3.06. The van der Waals surface area contributed by atoms with Gasteiger partial charge in [-0.2, -0.15) is 0 Å². The molecule has 0 aromatic carbocycles. The zero-order valence-electron chi connectivity index (χ0n) is 10.7. The van der Waals surface area contributed by atoms with Gasteiger partial charge in [0.15, 0.2) is 0 Å². The minimum Gasteiger partial charge on any atom is -0.394 e. The first-order valence-electron chi connectivity index (χ1n) is 5.87. The van der Waals surface area contributed by atoms with Crippen LogP contribution in [0.15, 0.2) is 12.4 Å². The van der Waals surface area contributed by atoms with Gasteiger partial charge in [-0.1, -0.05) is 6.92 Å². The Hall–Kier alpha value is -0.870. The van der Waals surface area contributed by atoms with E-state index in [4.69, 9.17) is 0 Å². The van der Waals surface area contributed by atoms with E-state index in [9.17, 15) is 5.11 Å². The molecule has 1 rings (SSSR count). The van der Waals surface area contributed by atoms with Gasteiger partial charge in [0.25, 0.3) is 0 Å². The van der Waals surface area contributed by atoms with E-state index >= 15 is 0 Å². The lowest BCUT2D eigenvalue weighted by Crippen LogP contribution is -2.47. The lowest BCUT2D eigenvalue weighted by Gasteiger charge is -2.32. The maximum atomic E-state index is 9.44. The molecule has 1 aromatic rings. The molecule has 0 aliphatic rings. The van der Waals surface area contributed by atoms with Crippen LogP contribution in [0.1, 0.15) is 39.1 Å². The highest BCUT2D eigenvalue weighted by molar-refractivity contribution is 4.94. The van der Waals surface area contributed by atoms with Gasteiger partial charge in [-0.25, -0.2) is 4.98 Å². The largest absolute Gasteiger partial charge is 0.394 e. The maximum Gasteiger partial charge on any atom is 0.105 e. The van der Waals surface area contributed by atoms with Gasteiger partial charge in [-0.05, 0) is 33.7 Å². The Morgan fingerprint density at radius 2 is 2.31 bits per heavy atom. The van der Waals surface area contributed by atoms with Crippen molar-refractivity contribution in [3.8, 4) is 0 Å². The molecule has 1 heterocycles. The number of imidazole rings is 1. The van der Waals surface area contributed by atoms with Crippen molar-refractivity contribution in [2.75, 3.05) is 13.2 Å². The second kappa shape index (κ2) is 5.46. The van der Waals surface area contributed by atoms with Gasteiger partial charge in [0.1, 0.15) is 5.82 Å². The standard InChI is InChI=1S/C12H23N3O/c1-5-14-12(4,9-16)8-10(2)15-7-6-13-11(15)3/h6-7,10,14,16H,5,8-9H2,1-4H3. The molecule has 2 unspecified atom stereocenters. The molecular formula is C12H23N3O. The Morgan fingerprint density at radius 1 is 1.62 bits per heavy atom. The average Bonchev–Trinajstić information content (AvgIpc) is 2.65. The second-order valence-electron chi connectivity index (χ2n) is 4.68. The molecule has 4 heteroatoms.